The molecule has 1 aromatic rings. The van der Waals surface area contributed by atoms with Crippen molar-refractivity contribution in [3.63, 3.8) is 0 Å². The Morgan fingerprint density at radius 1 is 1.50 bits per heavy atom. The molecule has 0 fully saturated rings. The van der Waals surface area contributed by atoms with Crippen molar-refractivity contribution in [3.05, 3.63) is 23.9 Å². The molecule has 3 heteroatoms. The van der Waals surface area contributed by atoms with Crippen LogP contribution in [0.15, 0.2) is 18.3 Å². The van der Waals surface area contributed by atoms with E-state index in [1.807, 2.05) is 12.1 Å². The highest BCUT2D eigenvalue weighted by molar-refractivity contribution is 5.37. The molecule has 0 saturated heterocycles. The zero-order chi connectivity index (χ0) is 10.4. The Morgan fingerprint density at radius 3 is 2.93 bits per heavy atom. The topological polar surface area (TPSA) is 48.1 Å². The minimum absolute atomic E-state index is 0.562. The van der Waals surface area contributed by atoms with E-state index in [2.05, 4.69) is 18.8 Å². The number of hydrogen-bond donors (Lipinski definition) is 1. The molecule has 0 spiro atoms. The van der Waals surface area contributed by atoms with Gasteiger partial charge in [-0.3, -0.25) is 0 Å². The van der Waals surface area contributed by atoms with Crippen molar-refractivity contribution >= 4 is 5.82 Å². The summed E-state index contributed by atoms with van der Waals surface area (Å²) in [6.45, 7) is 5.71. The van der Waals surface area contributed by atoms with E-state index in [-0.39, 0.29) is 0 Å². The molecule has 0 saturated carbocycles. The molecule has 0 amide bonds. The smallest absolute Gasteiger partial charge is 0.128 e. The fraction of sp³-hybridized carbons (Fsp3) is 0.545. The number of rotatable bonds is 5. The number of ether oxygens (including phenoxy) is 1. The zero-order valence-electron chi connectivity index (χ0n) is 8.86. The second kappa shape index (κ2) is 5.60. The molecule has 14 heavy (non-hydrogen) atoms. The maximum Gasteiger partial charge on any atom is 0.128 e. The van der Waals surface area contributed by atoms with Crippen LogP contribution in [0.2, 0.25) is 0 Å². The van der Waals surface area contributed by atoms with Gasteiger partial charge in [-0.2, -0.15) is 0 Å². The fourth-order valence-corrected chi connectivity index (χ4v) is 1.07. The molecule has 1 aromatic heterocycles. The molecule has 0 aromatic carbocycles. The molecule has 2 N–H and O–H groups in total. The van der Waals surface area contributed by atoms with Gasteiger partial charge in [0, 0.05) is 18.4 Å². The summed E-state index contributed by atoms with van der Waals surface area (Å²) in [7, 11) is 0. The summed E-state index contributed by atoms with van der Waals surface area (Å²) in [4.78, 5) is 3.99. The number of aromatic nitrogens is 1. The lowest BCUT2D eigenvalue weighted by atomic mass is 10.1. The van der Waals surface area contributed by atoms with Crippen LogP contribution in [0, 0.1) is 5.92 Å². The molecule has 0 unspecified atom stereocenters. The third-order valence-electron chi connectivity index (χ3n) is 2.02. The summed E-state index contributed by atoms with van der Waals surface area (Å²) in [6, 6.07) is 3.81. The summed E-state index contributed by atoms with van der Waals surface area (Å²) in [5.41, 5.74) is 6.64. The maximum absolute atomic E-state index is 5.67. The summed E-state index contributed by atoms with van der Waals surface area (Å²) >= 11 is 0. The third kappa shape index (κ3) is 3.75. The maximum atomic E-state index is 5.67. The van der Waals surface area contributed by atoms with Crippen molar-refractivity contribution in [1.82, 2.24) is 4.98 Å². The Labute approximate surface area is 85.3 Å². The van der Waals surface area contributed by atoms with Gasteiger partial charge in [0.25, 0.3) is 0 Å². The van der Waals surface area contributed by atoms with E-state index in [4.69, 9.17) is 10.5 Å². The molecule has 0 atom stereocenters. The van der Waals surface area contributed by atoms with Gasteiger partial charge < -0.3 is 10.5 Å². The highest BCUT2D eigenvalue weighted by Gasteiger charge is 1.99. The lowest BCUT2D eigenvalue weighted by Gasteiger charge is -2.07. The van der Waals surface area contributed by atoms with Gasteiger partial charge in [0.05, 0.1) is 6.61 Å². The van der Waals surface area contributed by atoms with Crippen LogP contribution in [0.25, 0.3) is 0 Å². The van der Waals surface area contributed by atoms with Crippen LogP contribution in [0.3, 0.4) is 0 Å². The Morgan fingerprint density at radius 2 is 2.29 bits per heavy atom. The van der Waals surface area contributed by atoms with Crippen LogP contribution < -0.4 is 5.73 Å². The standard InChI is InChI=1S/C11H18N2O/c1-9(2)5-7-14-8-10-4-3-6-13-11(10)12/h3-4,6,9H,5,7-8H2,1-2H3,(H2,12,13). The predicted molar refractivity (Wildman–Crippen MR) is 57.8 cm³/mol. The van der Waals surface area contributed by atoms with Gasteiger partial charge in [-0.1, -0.05) is 19.9 Å². The van der Waals surface area contributed by atoms with Crippen LogP contribution in [0.4, 0.5) is 5.82 Å². The van der Waals surface area contributed by atoms with Crippen LogP contribution in [-0.4, -0.2) is 11.6 Å². The highest BCUT2D eigenvalue weighted by atomic mass is 16.5. The summed E-state index contributed by atoms with van der Waals surface area (Å²) in [5, 5.41) is 0. The summed E-state index contributed by atoms with van der Waals surface area (Å²) < 4.78 is 5.49. The number of nitrogens with two attached hydrogens (primary N) is 1. The summed E-state index contributed by atoms with van der Waals surface area (Å²) in [6.07, 6.45) is 2.77. The van der Waals surface area contributed by atoms with Crippen LogP contribution in [0.1, 0.15) is 25.8 Å². The fourth-order valence-electron chi connectivity index (χ4n) is 1.07. The molecule has 0 bridgehead atoms. The van der Waals surface area contributed by atoms with E-state index >= 15 is 0 Å². The van der Waals surface area contributed by atoms with Gasteiger partial charge in [0.15, 0.2) is 0 Å². The largest absolute Gasteiger partial charge is 0.383 e. The van der Waals surface area contributed by atoms with E-state index in [9.17, 15) is 0 Å². The average molecular weight is 194 g/mol. The van der Waals surface area contributed by atoms with Gasteiger partial charge >= 0.3 is 0 Å². The average Bonchev–Trinajstić information content (AvgIpc) is 2.15. The van der Waals surface area contributed by atoms with Crippen molar-refractivity contribution in [1.29, 1.82) is 0 Å². The van der Waals surface area contributed by atoms with Crippen LogP contribution in [-0.2, 0) is 11.3 Å². The predicted octanol–water partition coefficient (Wildman–Crippen LogP) is 2.23. The molecule has 78 valence electrons. The Kier molecular flexibility index (Phi) is 4.40. The SMILES string of the molecule is CC(C)CCOCc1cccnc1N. The highest BCUT2D eigenvalue weighted by Crippen LogP contribution is 2.09. The van der Waals surface area contributed by atoms with E-state index < -0.39 is 0 Å². The van der Waals surface area contributed by atoms with E-state index in [0.29, 0.717) is 18.3 Å². The van der Waals surface area contributed by atoms with Crippen LogP contribution >= 0.6 is 0 Å². The number of hydrogen-bond acceptors (Lipinski definition) is 3. The molecule has 1 rings (SSSR count). The van der Waals surface area contributed by atoms with Gasteiger partial charge in [-0.25, -0.2) is 4.98 Å². The van der Waals surface area contributed by atoms with Gasteiger partial charge in [-0.05, 0) is 18.4 Å². The quantitative estimate of drug-likeness (QED) is 0.731. The first-order valence-electron chi connectivity index (χ1n) is 4.97. The van der Waals surface area contributed by atoms with Gasteiger partial charge in [0.1, 0.15) is 5.82 Å². The molecule has 0 aliphatic heterocycles. The van der Waals surface area contributed by atoms with Crippen molar-refractivity contribution in [2.24, 2.45) is 5.92 Å². The molecule has 0 radical (unpaired) electrons. The molecule has 1 heterocycles. The second-order valence-corrected chi connectivity index (χ2v) is 3.78. The van der Waals surface area contributed by atoms with Crippen LogP contribution in [0.5, 0.6) is 0 Å². The van der Waals surface area contributed by atoms with Crippen molar-refractivity contribution < 1.29 is 4.74 Å². The van der Waals surface area contributed by atoms with Crippen molar-refractivity contribution in [2.75, 3.05) is 12.3 Å². The zero-order valence-corrected chi connectivity index (χ0v) is 8.86. The number of nitrogen functional groups attached to an aromatic ring is 1. The molecule has 0 aliphatic carbocycles. The van der Waals surface area contributed by atoms with E-state index in [1.54, 1.807) is 6.20 Å². The monoisotopic (exact) mass is 194 g/mol. The van der Waals surface area contributed by atoms with Crippen molar-refractivity contribution in [3.8, 4) is 0 Å². The number of anilines is 1. The second-order valence-electron chi connectivity index (χ2n) is 3.78. The first-order valence-corrected chi connectivity index (χ1v) is 4.97. The first kappa shape index (κ1) is 11.0. The van der Waals surface area contributed by atoms with Crippen molar-refractivity contribution in [2.45, 2.75) is 26.9 Å². The minimum atomic E-state index is 0.562. The van der Waals surface area contributed by atoms with E-state index in [0.717, 1.165) is 18.6 Å². The number of nitrogens with zero attached hydrogens (tertiary/aromatic N) is 1. The first-order chi connectivity index (χ1) is 6.70. The van der Waals surface area contributed by atoms with Gasteiger partial charge in [0.2, 0.25) is 0 Å². The van der Waals surface area contributed by atoms with E-state index in [1.165, 1.54) is 0 Å². The molecule has 0 aliphatic rings. The molecular formula is C11H18N2O. The number of pyridine rings is 1. The minimum Gasteiger partial charge on any atom is -0.383 e. The lowest BCUT2D eigenvalue weighted by molar-refractivity contribution is 0.111. The third-order valence-corrected chi connectivity index (χ3v) is 2.02. The Hall–Kier alpha value is -1.09. The summed E-state index contributed by atoms with van der Waals surface area (Å²) in [5.74, 6) is 1.25. The lowest BCUT2D eigenvalue weighted by Crippen LogP contribution is -2.02. The normalized spacial score (nSPS) is 10.8. The Bertz CT molecular complexity index is 274. The molecule has 3 nitrogen and oxygen atoms in total. The Balaban J connectivity index is 2.28. The molecular weight excluding hydrogens is 176 g/mol. The van der Waals surface area contributed by atoms with Gasteiger partial charge in [-0.15, -0.1) is 0 Å².